The maximum absolute atomic E-state index is 12.4. The third-order valence-electron chi connectivity index (χ3n) is 5.08. The Kier molecular flexibility index (Phi) is 7.66. The predicted molar refractivity (Wildman–Crippen MR) is 112 cm³/mol. The highest BCUT2D eigenvalue weighted by Crippen LogP contribution is 2.27. The molecule has 1 heterocycles. The molecule has 0 bridgehead atoms. The van der Waals surface area contributed by atoms with E-state index in [-0.39, 0.29) is 19.1 Å². The van der Waals surface area contributed by atoms with Crippen molar-refractivity contribution in [2.75, 3.05) is 13.2 Å². The van der Waals surface area contributed by atoms with E-state index in [1.165, 1.54) is 0 Å². The molecule has 1 aliphatic heterocycles. The van der Waals surface area contributed by atoms with Crippen LogP contribution in [0.15, 0.2) is 30.3 Å². The fourth-order valence-corrected chi connectivity index (χ4v) is 3.17. The predicted octanol–water partition coefficient (Wildman–Crippen LogP) is 2.14. The Morgan fingerprint density at radius 3 is 2.10 bits per heavy atom. The number of rotatable bonds is 5. The van der Waals surface area contributed by atoms with Gasteiger partial charge in [-0.15, -0.1) is 0 Å². The van der Waals surface area contributed by atoms with Gasteiger partial charge < -0.3 is 19.7 Å². The first-order valence-electron chi connectivity index (χ1n) is 10.3. The average molecular weight is 422 g/mol. The van der Waals surface area contributed by atoms with Crippen LogP contribution in [0.2, 0.25) is 0 Å². The average Bonchev–Trinajstić information content (AvgIpc) is 2.63. The topological polar surface area (TPSA) is 96.3 Å². The van der Waals surface area contributed by atoms with Gasteiger partial charge in [0, 0.05) is 13.1 Å². The summed E-state index contributed by atoms with van der Waals surface area (Å²) in [6.07, 6.45) is -3.37. The van der Waals surface area contributed by atoms with Crippen LogP contribution in [0.5, 0.6) is 0 Å². The van der Waals surface area contributed by atoms with Crippen molar-refractivity contribution in [2.45, 2.75) is 72.4 Å². The number of hydrogen-bond donors (Lipinski definition) is 2. The van der Waals surface area contributed by atoms with Crippen LogP contribution >= 0.6 is 0 Å². The number of likely N-dealkylation sites (tertiary alicyclic amines) is 1. The molecule has 1 aliphatic rings. The summed E-state index contributed by atoms with van der Waals surface area (Å²) in [6.45, 7) is 11.0. The Labute approximate surface area is 179 Å². The van der Waals surface area contributed by atoms with Crippen molar-refractivity contribution >= 4 is 11.9 Å². The molecule has 7 heteroatoms. The highest BCUT2D eigenvalue weighted by Gasteiger charge is 2.46. The standard InChI is InChI=1S/C23H35NO6/c1-22(2,3)20(27)29-14-16-18(26)19(30-21(28)23(4,5)6)17(25)13-24(16)12-15-10-8-7-9-11-15/h7-11,16-19,25-26H,12-14H2,1-6H3/t16-,17-,18-,19-/m1/s1. The Morgan fingerprint density at radius 1 is 1.00 bits per heavy atom. The molecule has 0 aliphatic carbocycles. The SMILES string of the molecule is CC(C)(C)C(=O)OC[C@@H]1[C@@H](O)[C@H](OC(=O)C(C)(C)C)[C@H](O)CN1Cc1ccccc1. The van der Waals surface area contributed by atoms with Crippen LogP contribution < -0.4 is 0 Å². The van der Waals surface area contributed by atoms with Crippen LogP contribution in [0.4, 0.5) is 0 Å². The minimum absolute atomic E-state index is 0.0691. The van der Waals surface area contributed by atoms with E-state index in [9.17, 15) is 19.8 Å². The lowest BCUT2D eigenvalue weighted by Crippen LogP contribution is -2.63. The fraction of sp³-hybridized carbons (Fsp3) is 0.652. The van der Waals surface area contributed by atoms with Crippen molar-refractivity contribution in [1.82, 2.24) is 4.90 Å². The number of nitrogens with zero attached hydrogens (tertiary/aromatic N) is 1. The van der Waals surface area contributed by atoms with Gasteiger partial charge in [-0.2, -0.15) is 0 Å². The van der Waals surface area contributed by atoms with Gasteiger partial charge in [0.15, 0.2) is 6.10 Å². The molecule has 4 atom stereocenters. The molecule has 0 radical (unpaired) electrons. The van der Waals surface area contributed by atoms with Gasteiger partial charge >= 0.3 is 11.9 Å². The first-order valence-corrected chi connectivity index (χ1v) is 10.3. The molecule has 0 unspecified atom stereocenters. The van der Waals surface area contributed by atoms with Crippen LogP contribution in [0.25, 0.3) is 0 Å². The van der Waals surface area contributed by atoms with Crippen LogP contribution in [0.3, 0.4) is 0 Å². The normalized spacial score (nSPS) is 25.6. The maximum atomic E-state index is 12.4. The van der Waals surface area contributed by atoms with Gasteiger partial charge in [-0.05, 0) is 47.1 Å². The van der Waals surface area contributed by atoms with E-state index in [0.29, 0.717) is 6.54 Å². The van der Waals surface area contributed by atoms with Crippen molar-refractivity contribution in [3.05, 3.63) is 35.9 Å². The second-order valence-electron chi connectivity index (χ2n) is 10.0. The fourth-order valence-electron chi connectivity index (χ4n) is 3.17. The van der Waals surface area contributed by atoms with E-state index in [0.717, 1.165) is 5.56 Å². The number of β-amino-alcohol motifs (C(OH)–C–C–N with tert-alkyl or cyclic N) is 1. The molecule has 1 saturated heterocycles. The lowest BCUT2D eigenvalue weighted by atomic mass is 9.92. The van der Waals surface area contributed by atoms with Crippen LogP contribution in [-0.2, 0) is 25.6 Å². The molecule has 0 saturated carbocycles. The quantitative estimate of drug-likeness (QED) is 0.703. The summed E-state index contributed by atoms with van der Waals surface area (Å²) in [5, 5.41) is 21.6. The molecule has 30 heavy (non-hydrogen) atoms. The van der Waals surface area contributed by atoms with Gasteiger partial charge in [-0.1, -0.05) is 30.3 Å². The van der Waals surface area contributed by atoms with Crippen LogP contribution in [0, 0.1) is 10.8 Å². The summed E-state index contributed by atoms with van der Waals surface area (Å²) in [5.74, 6) is -0.892. The number of carbonyl (C=O) groups is 2. The first-order chi connectivity index (χ1) is 13.8. The zero-order valence-electron chi connectivity index (χ0n) is 18.8. The highest BCUT2D eigenvalue weighted by atomic mass is 16.6. The molecule has 168 valence electrons. The molecular weight excluding hydrogens is 386 g/mol. The Bertz CT molecular complexity index is 721. The highest BCUT2D eigenvalue weighted by molar-refractivity contribution is 5.76. The Morgan fingerprint density at radius 2 is 1.57 bits per heavy atom. The zero-order valence-corrected chi connectivity index (χ0v) is 18.8. The molecule has 2 N–H and O–H groups in total. The summed E-state index contributed by atoms with van der Waals surface area (Å²) >= 11 is 0. The number of aliphatic hydroxyl groups excluding tert-OH is 2. The van der Waals surface area contributed by atoms with E-state index in [1.54, 1.807) is 41.5 Å². The van der Waals surface area contributed by atoms with E-state index < -0.39 is 41.2 Å². The summed E-state index contributed by atoms with van der Waals surface area (Å²) in [4.78, 5) is 26.5. The summed E-state index contributed by atoms with van der Waals surface area (Å²) < 4.78 is 11.0. The number of carbonyl (C=O) groups excluding carboxylic acids is 2. The molecule has 0 amide bonds. The van der Waals surface area contributed by atoms with Gasteiger partial charge in [0.25, 0.3) is 0 Å². The minimum atomic E-state index is -1.21. The second kappa shape index (κ2) is 9.45. The number of benzene rings is 1. The van der Waals surface area contributed by atoms with Crippen LogP contribution in [0.1, 0.15) is 47.1 Å². The van der Waals surface area contributed by atoms with Crippen molar-refractivity contribution in [2.24, 2.45) is 10.8 Å². The summed E-state index contributed by atoms with van der Waals surface area (Å²) in [7, 11) is 0. The minimum Gasteiger partial charge on any atom is -0.464 e. The van der Waals surface area contributed by atoms with E-state index in [1.807, 2.05) is 35.2 Å². The van der Waals surface area contributed by atoms with E-state index in [4.69, 9.17) is 9.47 Å². The van der Waals surface area contributed by atoms with Crippen molar-refractivity contribution in [1.29, 1.82) is 0 Å². The van der Waals surface area contributed by atoms with Gasteiger partial charge in [0.1, 0.15) is 18.8 Å². The number of esters is 2. The molecular formula is C23H35NO6. The maximum Gasteiger partial charge on any atom is 0.311 e. The number of ether oxygens (including phenoxy) is 2. The lowest BCUT2D eigenvalue weighted by Gasteiger charge is -2.45. The summed E-state index contributed by atoms with van der Waals surface area (Å²) in [6, 6.07) is 9.00. The van der Waals surface area contributed by atoms with Crippen LogP contribution in [-0.4, -0.2) is 64.6 Å². The molecule has 1 fully saturated rings. The smallest absolute Gasteiger partial charge is 0.311 e. The second-order valence-corrected chi connectivity index (χ2v) is 10.0. The molecule has 0 spiro atoms. The number of piperidine rings is 1. The third-order valence-corrected chi connectivity index (χ3v) is 5.08. The third kappa shape index (κ3) is 6.27. The van der Waals surface area contributed by atoms with Gasteiger partial charge in [0.05, 0.1) is 16.9 Å². The molecule has 2 rings (SSSR count). The van der Waals surface area contributed by atoms with Gasteiger partial charge in [0.2, 0.25) is 0 Å². The molecule has 1 aromatic carbocycles. The first kappa shape index (κ1) is 24.3. The Balaban J connectivity index is 2.22. The number of aliphatic hydroxyl groups is 2. The molecule has 7 nitrogen and oxygen atoms in total. The summed E-state index contributed by atoms with van der Waals surface area (Å²) in [5.41, 5.74) is -0.453. The molecule has 1 aromatic rings. The number of hydrogen-bond acceptors (Lipinski definition) is 7. The molecule has 0 aromatic heterocycles. The van der Waals surface area contributed by atoms with Crippen molar-refractivity contribution in [3.63, 3.8) is 0 Å². The Hall–Kier alpha value is -1.96. The van der Waals surface area contributed by atoms with Gasteiger partial charge in [-0.3, -0.25) is 14.5 Å². The lowest BCUT2D eigenvalue weighted by molar-refractivity contribution is -0.196. The zero-order chi connectivity index (χ0) is 22.7. The largest absolute Gasteiger partial charge is 0.464 e. The van der Waals surface area contributed by atoms with Crippen molar-refractivity contribution < 1.29 is 29.3 Å². The van der Waals surface area contributed by atoms with Crippen molar-refractivity contribution in [3.8, 4) is 0 Å². The monoisotopic (exact) mass is 421 g/mol. The van der Waals surface area contributed by atoms with E-state index in [2.05, 4.69) is 0 Å². The van der Waals surface area contributed by atoms with Gasteiger partial charge in [-0.25, -0.2) is 0 Å². The van der Waals surface area contributed by atoms with E-state index >= 15 is 0 Å².